The molecule has 1 amide bonds. The quantitative estimate of drug-likeness (QED) is 0.718. The molecular formula is C18H14F2N4O3S. The van der Waals surface area contributed by atoms with Crippen molar-refractivity contribution in [2.45, 2.75) is 24.8 Å². The first-order chi connectivity index (χ1) is 13.1. The summed E-state index contributed by atoms with van der Waals surface area (Å²) in [5, 5.41) is 5.52. The van der Waals surface area contributed by atoms with Crippen LogP contribution in [-0.4, -0.2) is 24.3 Å². The van der Waals surface area contributed by atoms with Crippen molar-refractivity contribution in [1.82, 2.24) is 9.97 Å². The molecule has 28 heavy (non-hydrogen) atoms. The Morgan fingerprint density at radius 1 is 1.21 bits per heavy atom. The van der Waals surface area contributed by atoms with Crippen molar-refractivity contribution in [3.63, 3.8) is 0 Å². The normalized spacial score (nSPS) is 14.0. The van der Waals surface area contributed by atoms with Crippen molar-refractivity contribution < 1.29 is 22.0 Å². The largest absolute Gasteiger partial charge is 0.306 e. The number of sulfonamides is 1. The number of halogens is 2. The average molecular weight is 404 g/mol. The molecule has 0 atom stereocenters. The molecule has 0 spiro atoms. The van der Waals surface area contributed by atoms with E-state index in [1.807, 2.05) is 0 Å². The van der Waals surface area contributed by atoms with Gasteiger partial charge in [-0.1, -0.05) is 0 Å². The van der Waals surface area contributed by atoms with E-state index in [0.717, 1.165) is 5.69 Å². The second-order valence-corrected chi connectivity index (χ2v) is 8.08. The molecule has 0 saturated heterocycles. The van der Waals surface area contributed by atoms with E-state index in [2.05, 4.69) is 9.97 Å². The van der Waals surface area contributed by atoms with Crippen molar-refractivity contribution in [3.05, 3.63) is 58.9 Å². The number of nitrogens with zero attached hydrogens (tertiary/aromatic N) is 3. The number of aromatic nitrogens is 2. The summed E-state index contributed by atoms with van der Waals surface area (Å²) in [4.78, 5) is 21.7. The van der Waals surface area contributed by atoms with Crippen molar-refractivity contribution in [1.29, 1.82) is 0 Å². The summed E-state index contributed by atoms with van der Waals surface area (Å²) in [6, 6.07) is 4.80. The van der Waals surface area contributed by atoms with Crippen LogP contribution in [0.3, 0.4) is 0 Å². The van der Waals surface area contributed by atoms with Crippen molar-refractivity contribution in [2.24, 2.45) is 5.14 Å². The van der Waals surface area contributed by atoms with E-state index < -0.39 is 38.7 Å². The van der Waals surface area contributed by atoms with Gasteiger partial charge in [-0.15, -0.1) is 0 Å². The zero-order valence-electron chi connectivity index (χ0n) is 14.6. The number of rotatable bonds is 3. The van der Waals surface area contributed by atoms with Gasteiger partial charge < -0.3 is 4.90 Å². The fourth-order valence-corrected chi connectivity index (χ4v) is 3.79. The molecule has 1 aliphatic rings. The highest BCUT2D eigenvalue weighted by atomic mass is 32.2. The first kappa shape index (κ1) is 18.4. The van der Waals surface area contributed by atoms with Gasteiger partial charge in [0.15, 0.2) is 5.65 Å². The van der Waals surface area contributed by atoms with Gasteiger partial charge in [0.1, 0.15) is 11.6 Å². The van der Waals surface area contributed by atoms with Gasteiger partial charge in [-0.3, -0.25) is 4.79 Å². The van der Waals surface area contributed by atoms with Crippen LogP contribution in [0.2, 0.25) is 0 Å². The summed E-state index contributed by atoms with van der Waals surface area (Å²) < 4.78 is 51.6. The van der Waals surface area contributed by atoms with Crippen LogP contribution in [0.15, 0.2) is 35.4 Å². The van der Waals surface area contributed by atoms with Crippen LogP contribution in [0.25, 0.3) is 11.0 Å². The van der Waals surface area contributed by atoms with Gasteiger partial charge in [0.25, 0.3) is 0 Å². The summed E-state index contributed by atoms with van der Waals surface area (Å²) in [7, 11) is -4.26. The third-order valence-corrected chi connectivity index (χ3v) is 5.48. The monoisotopic (exact) mass is 404 g/mol. The van der Waals surface area contributed by atoms with E-state index >= 15 is 0 Å². The minimum Gasteiger partial charge on any atom is -0.306 e. The molecule has 0 saturated carbocycles. The Bertz CT molecular complexity index is 1240. The zero-order valence-corrected chi connectivity index (χ0v) is 15.4. The molecule has 0 unspecified atom stereocenters. The van der Waals surface area contributed by atoms with Gasteiger partial charge in [-0.05, 0) is 31.2 Å². The number of hydrogen-bond donors (Lipinski definition) is 1. The Kier molecular flexibility index (Phi) is 4.12. The predicted octanol–water partition coefficient (Wildman–Crippen LogP) is 1.95. The lowest BCUT2D eigenvalue weighted by atomic mass is 10.1. The van der Waals surface area contributed by atoms with E-state index in [9.17, 15) is 22.0 Å². The van der Waals surface area contributed by atoms with Gasteiger partial charge in [0, 0.05) is 28.4 Å². The van der Waals surface area contributed by atoms with Crippen molar-refractivity contribution in [2.75, 3.05) is 4.90 Å². The van der Waals surface area contributed by atoms with Crippen molar-refractivity contribution in [3.8, 4) is 0 Å². The summed E-state index contributed by atoms with van der Waals surface area (Å²) in [6.45, 7) is 1.40. The molecule has 1 aliphatic heterocycles. The Balaban J connectivity index is 1.82. The molecule has 3 heterocycles. The first-order valence-electron chi connectivity index (χ1n) is 8.21. The minimum absolute atomic E-state index is 0.0463. The van der Waals surface area contributed by atoms with E-state index in [-0.39, 0.29) is 12.3 Å². The van der Waals surface area contributed by atoms with Crippen LogP contribution in [-0.2, 0) is 27.8 Å². The Morgan fingerprint density at radius 3 is 2.54 bits per heavy atom. The molecule has 0 bridgehead atoms. The number of anilines is 1. The maximum Gasteiger partial charge on any atom is 0.238 e. The molecular weight excluding hydrogens is 390 g/mol. The molecule has 2 aromatic heterocycles. The maximum atomic E-state index is 14.4. The average Bonchev–Trinajstić information content (AvgIpc) is 2.92. The van der Waals surface area contributed by atoms with Crippen LogP contribution in [0.4, 0.5) is 14.5 Å². The number of benzene rings is 1. The zero-order chi connectivity index (χ0) is 20.2. The number of nitrogens with two attached hydrogens (primary N) is 1. The number of fused-ring (bicyclic) bond motifs is 3. The van der Waals surface area contributed by atoms with Crippen LogP contribution in [0.5, 0.6) is 0 Å². The topological polar surface area (TPSA) is 106 Å². The number of carbonyl (C=O) groups excluding carboxylic acids is 1. The third-order valence-electron chi connectivity index (χ3n) is 4.59. The van der Waals surface area contributed by atoms with Gasteiger partial charge >= 0.3 is 0 Å². The number of aryl methyl sites for hydroxylation is 1. The summed E-state index contributed by atoms with van der Waals surface area (Å²) in [6.07, 6.45) is 1.57. The highest BCUT2D eigenvalue weighted by molar-refractivity contribution is 7.89. The molecule has 144 valence electrons. The predicted molar refractivity (Wildman–Crippen MR) is 96.9 cm³/mol. The lowest BCUT2D eigenvalue weighted by Crippen LogP contribution is -2.27. The second-order valence-electron chi connectivity index (χ2n) is 6.52. The highest BCUT2D eigenvalue weighted by Gasteiger charge is 2.31. The van der Waals surface area contributed by atoms with Gasteiger partial charge in [-0.2, -0.15) is 0 Å². The molecule has 1 aromatic carbocycles. The van der Waals surface area contributed by atoms with Crippen LogP contribution in [0.1, 0.15) is 16.8 Å². The summed E-state index contributed by atoms with van der Waals surface area (Å²) in [5.41, 5.74) is 1.86. The molecule has 7 nitrogen and oxygen atoms in total. The maximum absolute atomic E-state index is 14.4. The van der Waals surface area contributed by atoms with Crippen molar-refractivity contribution >= 4 is 32.7 Å². The van der Waals surface area contributed by atoms with Gasteiger partial charge in [0.2, 0.25) is 15.9 Å². The molecule has 4 rings (SSSR count). The van der Waals surface area contributed by atoms with Gasteiger partial charge in [0.05, 0.1) is 23.5 Å². The molecule has 0 fully saturated rings. The number of amides is 1. The molecule has 3 aromatic rings. The van der Waals surface area contributed by atoms with Crippen LogP contribution < -0.4 is 10.0 Å². The Labute approximate surface area is 158 Å². The third kappa shape index (κ3) is 3.00. The first-order valence-corrected chi connectivity index (χ1v) is 9.76. The molecule has 10 heteroatoms. The van der Waals surface area contributed by atoms with Gasteiger partial charge in [-0.25, -0.2) is 32.3 Å². The van der Waals surface area contributed by atoms with E-state index in [0.29, 0.717) is 34.4 Å². The van der Waals surface area contributed by atoms with E-state index in [4.69, 9.17) is 5.14 Å². The number of primary sulfonamides is 1. The molecule has 0 aliphatic carbocycles. The lowest BCUT2D eigenvalue weighted by molar-refractivity contribution is -0.117. The van der Waals surface area contributed by atoms with Crippen LogP contribution in [0, 0.1) is 18.6 Å². The molecule has 2 N–H and O–H groups in total. The lowest BCUT2D eigenvalue weighted by Gasteiger charge is -2.20. The summed E-state index contributed by atoms with van der Waals surface area (Å²) in [5.74, 6) is -2.55. The fraction of sp³-hybridized carbons (Fsp3) is 0.167. The SMILES string of the molecule is Cc1ccc2c3c(cnc2n1)CC(=O)N3Cc1c(F)cc(S(N)(=O)=O)cc1F. The Hall–Kier alpha value is -2.98. The minimum atomic E-state index is -4.26. The van der Waals surface area contributed by atoms with Crippen LogP contribution >= 0.6 is 0 Å². The smallest absolute Gasteiger partial charge is 0.238 e. The standard InChI is InChI=1S/C18H14F2N4O3S/c1-9-2-3-12-17-10(7-22-18(12)23-9)4-16(25)24(17)8-13-14(19)5-11(6-15(13)20)28(21,26)27/h2-3,5-7H,4,8H2,1H3,(H2,21,26,27). The van der Waals surface area contributed by atoms with E-state index in [1.165, 1.54) is 11.1 Å². The fourth-order valence-electron chi connectivity index (χ4n) is 3.25. The number of hydrogen-bond acceptors (Lipinski definition) is 5. The molecule has 0 radical (unpaired) electrons. The highest BCUT2D eigenvalue weighted by Crippen LogP contribution is 2.36. The summed E-state index contributed by atoms with van der Waals surface area (Å²) >= 11 is 0. The number of carbonyl (C=O) groups is 1. The number of pyridine rings is 2. The Morgan fingerprint density at radius 2 is 1.89 bits per heavy atom. The second kappa shape index (κ2) is 6.28. The van der Waals surface area contributed by atoms with E-state index in [1.54, 1.807) is 19.1 Å².